The van der Waals surface area contributed by atoms with Gasteiger partial charge in [0, 0.05) is 12.6 Å². The van der Waals surface area contributed by atoms with Crippen LogP contribution in [-0.4, -0.2) is 42.5 Å². The molecule has 0 radical (unpaired) electrons. The predicted octanol–water partition coefficient (Wildman–Crippen LogP) is 0.872. The number of aliphatic hydroxyl groups excluding tert-OH is 1. The van der Waals surface area contributed by atoms with Gasteiger partial charge in [0.25, 0.3) is 0 Å². The minimum absolute atomic E-state index is 0.164. The van der Waals surface area contributed by atoms with Gasteiger partial charge in [0.1, 0.15) is 5.60 Å². The van der Waals surface area contributed by atoms with Crippen LogP contribution in [0.2, 0.25) is 0 Å². The normalized spacial score (nSPS) is 24.7. The lowest BCUT2D eigenvalue weighted by Gasteiger charge is -2.21. The highest BCUT2D eigenvalue weighted by Crippen LogP contribution is 2.18. The number of hydrogen-bond donors (Lipinski definition) is 3. The predicted molar refractivity (Wildman–Crippen MR) is 65.8 cm³/mol. The van der Waals surface area contributed by atoms with E-state index in [1.807, 2.05) is 20.8 Å². The molecule has 1 fully saturated rings. The number of aliphatic hydroxyl groups is 1. The van der Waals surface area contributed by atoms with Crippen molar-refractivity contribution in [3.63, 3.8) is 0 Å². The van der Waals surface area contributed by atoms with Crippen molar-refractivity contribution >= 4 is 6.09 Å². The summed E-state index contributed by atoms with van der Waals surface area (Å²) in [4.78, 5) is 11.4. The molecule has 0 aromatic carbocycles. The molecule has 1 aliphatic rings. The zero-order valence-electron chi connectivity index (χ0n) is 11.0. The second kappa shape index (κ2) is 6.21. The molecule has 0 aromatic heterocycles. The Kier molecular flexibility index (Phi) is 5.21. The van der Waals surface area contributed by atoms with Gasteiger partial charge in [-0.25, -0.2) is 4.79 Å². The van der Waals surface area contributed by atoms with Gasteiger partial charge >= 0.3 is 6.09 Å². The molecule has 5 heteroatoms. The first-order valence-corrected chi connectivity index (χ1v) is 6.23. The van der Waals surface area contributed by atoms with Gasteiger partial charge in [-0.3, -0.25) is 0 Å². The molecule has 2 atom stereocenters. The van der Waals surface area contributed by atoms with E-state index < -0.39 is 5.60 Å². The van der Waals surface area contributed by atoms with E-state index in [-0.39, 0.29) is 18.7 Å². The number of rotatable bonds is 4. The van der Waals surface area contributed by atoms with Crippen molar-refractivity contribution in [3.05, 3.63) is 0 Å². The molecule has 0 bridgehead atoms. The van der Waals surface area contributed by atoms with Gasteiger partial charge in [0.05, 0.1) is 6.61 Å². The number of amides is 1. The molecule has 0 unspecified atom stereocenters. The van der Waals surface area contributed by atoms with Crippen LogP contribution in [0.25, 0.3) is 0 Å². The molecule has 5 nitrogen and oxygen atoms in total. The molecular weight excluding hydrogens is 220 g/mol. The molecule has 100 valence electrons. The minimum atomic E-state index is -0.452. The second-order valence-corrected chi connectivity index (χ2v) is 5.51. The summed E-state index contributed by atoms with van der Waals surface area (Å²) in [6.45, 7) is 7.23. The van der Waals surface area contributed by atoms with E-state index in [0.717, 1.165) is 19.4 Å². The maximum Gasteiger partial charge on any atom is 0.407 e. The van der Waals surface area contributed by atoms with Crippen molar-refractivity contribution in [1.82, 2.24) is 10.6 Å². The summed E-state index contributed by atoms with van der Waals surface area (Å²) in [6.07, 6.45) is 1.56. The summed E-state index contributed by atoms with van der Waals surface area (Å²) in [5.74, 6) is 0.440. The topological polar surface area (TPSA) is 70.6 Å². The van der Waals surface area contributed by atoms with Gasteiger partial charge in [0.15, 0.2) is 0 Å². The highest BCUT2D eigenvalue weighted by Gasteiger charge is 2.25. The Bertz CT molecular complexity index is 251. The average molecular weight is 244 g/mol. The SMILES string of the molecule is CC(C)(C)OC(=O)NCC[C@H]1CCN[C@@H]1CO. The molecule has 1 aliphatic heterocycles. The van der Waals surface area contributed by atoms with Gasteiger partial charge in [-0.1, -0.05) is 0 Å². The van der Waals surface area contributed by atoms with E-state index in [1.54, 1.807) is 0 Å². The quantitative estimate of drug-likeness (QED) is 0.686. The molecular formula is C12H24N2O3. The maximum atomic E-state index is 11.4. The second-order valence-electron chi connectivity index (χ2n) is 5.51. The van der Waals surface area contributed by atoms with Crippen LogP contribution in [0.1, 0.15) is 33.6 Å². The molecule has 0 saturated carbocycles. The molecule has 0 aliphatic carbocycles. The summed E-state index contributed by atoms with van der Waals surface area (Å²) in [5.41, 5.74) is -0.452. The number of nitrogens with one attached hydrogen (secondary N) is 2. The fourth-order valence-corrected chi connectivity index (χ4v) is 2.05. The Labute approximate surface area is 103 Å². The Hall–Kier alpha value is -0.810. The summed E-state index contributed by atoms with van der Waals surface area (Å²) in [5, 5.41) is 15.1. The number of alkyl carbamates (subject to hydrolysis) is 1. The first-order valence-electron chi connectivity index (χ1n) is 6.23. The fraction of sp³-hybridized carbons (Fsp3) is 0.917. The van der Waals surface area contributed by atoms with Gasteiger partial charge in [-0.05, 0) is 46.1 Å². The monoisotopic (exact) mass is 244 g/mol. The number of carbonyl (C=O) groups is 1. The van der Waals surface area contributed by atoms with E-state index >= 15 is 0 Å². The first kappa shape index (κ1) is 14.3. The molecule has 1 amide bonds. The zero-order valence-corrected chi connectivity index (χ0v) is 11.0. The molecule has 3 N–H and O–H groups in total. The highest BCUT2D eigenvalue weighted by molar-refractivity contribution is 5.67. The largest absolute Gasteiger partial charge is 0.444 e. The zero-order chi connectivity index (χ0) is 12.9. The Morgan fingerprint density at radius 3 is 2.82 bits per heavy atom. The highest BCUT2D eigenvalue weighted by atomic mass is 16.6. The van der Waals surface area contributed by atoms with Crippen molar-refractivity contribution in [2.24, 2.45) is 5.92 Å². The third kappa shape index (κ3) is 5.37. The van der Waals surface area contributed by atoms with Crippen molar-refractivity contribution in [3.8, 4) is 0 Å². The third-order valence-corrected chi connectivity index (χ3v) is 2.87. The van der Waals surface area contributed by atoms with Crippen LogP contribution in [0.5, 0.6) is 0 Å². The van der Waals surface area contributed by atoms with Gasteiger partial charge in [-0.15, -0.1) is 0 Å². The molecule has 1 saturated heterocycles. The Balaban J connectivity index is 2.17. The standard InChI is InChI=1S/C12H24N2O3/c1-12(2,3)17-11(16)14-7-5-9-4-6-13-10(9)8-15/h9-10,13,15H,4-8H2,1-3H3,(H,14,16)/t9-,10-/m1/s1. The molecule has 0 aromatic rings. The molecule has 1 heterocycles. The van der Waals surface area contributed by atoms with Crippen LogP contribution < -0.4 is 10.6 Å². The lowest BCUT2D eigenvalue weighted by molar-refractivity contribution is 0.0524. The van der Waals surface area contributed by atoms with Crippen LogP contribution in [0, 0.1) is 5.92 Å². The summed E-state index contributed by atoms with van der Waals surface area (Å²) < 4.78 is 5.14. The van der Waals surface area contributed by atoms with Gasteiger partial charge in [0.2, 0.25) is 0 Å². The van der Waals surface area contributed by atoms with Crippen LogP contribution in [0.4, 0.5) is 4.79 Å². The van der Waals surface area contributed by atoms with Crippen LogP contribution in [0.15, 0.2) is 0 Å². The molecule has 1 rings (SSSR count). The summed E-state index contributed by atoms with van der Waals surface area (Å²) >= 11 is 0. The lowest BCUT2D eigenvalue weighted by atomic mass is 9.97. The van der Waals surface area contributed by atoms with E-state index in [0.29, 0.717) is 12.5 Å². The maximum absolute atomic E-state index is 11.4. The number of hydrogen-bond acceptors (Lipinski definition) is 4. The first-order chi connectivity index (χ1) is 7.92. The average Bonchev–Trinajstić information content (AvgIpc) is 2.62. The molecule has 0 spiro atoms. The fourth-order valence-electron chi connectivity index (χ4n) is 2.05. The van der Waals surface area contributed by atoms with E-state index in [4.69, 9.17) is 9.84 Å². The van der Waals surface area contributed by atoms with Crippen molar-refractivity contribution in [2.75, 3.05) is 19.7 Å². The smallest absolute Gasteiger partial charge is 0.407 e. The van der Waals surface area contributed by atoms with E-state index in [9.17, 15) is 4.79 Å². The third-order valence-electron chi connectivity index (χ3n) is 2.87. The van der Waals surface area contributed by atoms with Crippen molar-refractivity contribution in [1.29, 1.82) is 0 Å². The number of ether oxygens (including phenoxy) is 1. The number of carbonyl (C=O) groups excluding carboxylic acids is 1. The Morgan fingerprint density at radius 1 is 1.53 bits per heavy atom. The lowest BCUT2D eigenvalue weighted by Crippen LogP contribution is -2.35. The Morgan fingerprint density at radius 2 is 2.24 bits per heavy atom. The van der Waals surface area contributed by atoms with E-state index in [2.05, 4.69) is 10.6 Å². The van der Waals surface area contributed by atoms with Crippen LogP contribution in [0.3, 0.4) is 0 Å². The van der Waals surface area contributed by atoms with Crippen molar-refractivity contribution in [2.45, 2.75) is 45.3 Å². The van der Waals surface area contributed by atoms with E-state index in [1.165, 1.54) is 0 Å². The molecule has 17 heavy (non-hydrogen) atoms. The van der Waals surface area contributed by atoms with Gasteiger partial charge < -0.3 is 20.5 Å². The van der Waals surface area contributed by atoms with Crippen LogP contribution >= 0.6 is 0 Å². The minimum Gasteiger partial charge on any atom is -0.444 e. The van der Waals surface area contributed by atoms with Gasteiger partial charge in [-0.2, -0.15) is 0 Å². The summed E-state index contributed by atoms with van der Waals surface area (Å²) in [7, 11) is 0. The van der Waals surface area contributed by atoms with Crippen molar-refractivity contribution < 1.29 is 14.6 Å². The van der Waals surface area contributed by atoms with Crippen LogP contribution in [-0.2, 0) is 4.74 Å². The summed E-state index contributed by atoms with van der Waals surface area (Å²) in [6, 6.07) is 0.176.